The summed E-state index contributed by atoms with van der Waals surface area (Å²) in [4.78, 5) is 0. The number of halogens is 2. The van der Waals surface area contributed by atoms with Crippen LogP contribution in [-0.4, -0.2) is 0 Å². The third kappa shape index (κ3) is 2.35. The third-order valence-corrected chi connectivity index (χ3v) is 5.06. The van der Waals surface area contributed by atoms with Gasteiger partial charge >= 0.3 is 0 Å². The number of hydrogen-bond acceptors (Lipinski definition) is 0. The highest BCUT2D eigenvalue weighted by Gasteiger charge is 2.39. The summed E-state index contributed by atoms with van der Waals surface area (Å²) in [5.41, 5.74) is 1.07. The molecule has 0 amide bonds. The molecule has 1 aromatic carbocycles. The van der Waals surface area contributed by atoms with Gasteiger partial charge in [-0.2, -0.15) is 0 Å². The first-order valence-electron chi connectivity index (χ1n) is 6.62. The normalized spacial score (nSPS) is 32.9. The van der Waals surface area contributed by atoms with Crippen molar-refractivity contribution in [3.63, 3.8) is 0 Å². The van der Waals surface area contributed by atoms with Crippen molar-refractivity contribution < 1.29 is 4.39 Å². The predicted octanol–water partition coefficient (Wildman–Crippen LogP) is 4.93. The molecule has 2 heteroatoms. The minimum Gasteiger partial charge on any atom is -0.207 e. The number of alkyl halides is 1. The topological polar surface area (TPSA) is 0 Å². The Balaban J connectivity index is 1.63. The quantitative estimate of drug-likeness (QED) is 0.669. The molecular formula is C15H18ClF. The fraction of sp³-hybridized carbons (Fsp3) is 0.600. The molecule has 2 aliphatic carbocycles. The summed E-state index contributed by atoms with van der Waals surface area (Å²) in [6, 6.07) is 6.65. The van der Waals surface area contributed by atoms with Crippen LogP contribution in [0.25, 0.3) is 0 Å². The first-order chi connectivity index (χ1) is 8.22. The van der Waals surface area contributed by atoms with E-state index in [9.17, 15) is 4.39 Å². The second-order valence-corrected chi connectivity index (χ2v) is 6.22. The average Bonchev–Trinajstić information content (AvgIpc) is 2.91. The van der Waals surface area contributed by atoms with Crippen LogP contribution in [0.2, 0.25) is 0 Å². The van der Waals surface area contributed by atoms with Crippen molar-refractivity contribution in [3.05, 3.63) is 35.6 Å². The second kappa shape index (κ2) is 4.61. The van der Waals surface area contributed by atoms with Crippen LogP contribution in [0.1, 0.15) is 43.0 Å². The van der Waals surface area contributed by atoms with E-state index in [2.05, 4.69) is 0 Å². The zero-order valence-electron chi connectivity index (χ0n) is 9.91. The maximum atomic E-state index is 12.8. The van der Waals surface area contributed by atoms with Crippen LogP contribution >= 0.6 is 11.6 Å². The molecule has 2 aliphatic rings. The molecule has 3 rings (SSSR count). The van der Waals surface area contributed by atoms with E-state index in [0.717, 1.165) is 29.7 Å². The molecule has 92 valence electrons. The summed E-state index contributed by atoms with van der Waals surface area (Å²) in [6.45, 7) is 0. The molecule has 0 spiro atoms. The standard InChI is InChI=1S/C15H18ClF/c16-15(11-3-5-14(17)6-4-11)9-13-8-10-1-2-12(13)7-10/h3-6,10,12-13,15H,1-2,7-9H2. The zero-order valence-corrected chi connectivity index (χ0v) is 10.7. The monoisotopic (exact) mass is 252 g/mol. The molecule has 2 saturated carbocycles. The summed E-state index contributed by atoms with van der Waals surface area (Å²) in [7, 11) is 0. The van der Waals surface area contributed by atoms with Crippen LogP contribution in [0.15, 0.2) is 24.3 Å². The molecule has 0 nitrogen and oxygen atoms in total. The number of benzene rings is 1. The molecule has 17 heavy (non-hydrogen) atoms. The van der Waals surface area contributed by atoms with Gasteiger partial charge in [-0.05, 0) is 61.1 Å². The Morgan fingerprint density at radius 2 is 1.94 bits per heavy atom. The Morgan fingerprint density at radius 3 is 2.53 bits per heavy atom. The highest BCUT2D eigenvalue weighted by Crippen LogP contribution is 2.51. The maximum Gasteiger partial charge on any atom is 0.123 e. The van der Waals surface area contributed by atoms with Gasteiger partial charge < -0.3 is 0 Å². The van der Waals surface area contributed by atoms with Crippen molar-refractivity contribution in [2.24, 2.45) is 17.8 Å². The van der Waals surface area contributed by atoms with Gasteiger partial charge in [-0.25, -0.2) is 4.39 Å². The van der Waals surface area contributed by atoms with Gasteiger partial charge in [-0.15, -0.1) is 11.6 Å². The van der Waals surface area contributed by atoms with Gasteiger partial charge in [0.1, 0.15) is 5.82 Å². The van der Waals surface area contributed by atoms with Gasteiger partial charge in [-0.1, -0.05) is 18.6 Å². The molecule has 2 bridgehead atoms. The summed E-state index contributed by atoms with van der Waals surface area (Å²) in [5, 5.41) is 0.0555. The minimum absolute atomic E-state index is 0.0555. The van der Waals surface area contributed by atoms with E-state index in [0.29, 0.717) is 0 Å². The molecule has 0 heterocycles. The van der Waals surface area contributed by atoms with Crippen molar-refractivity contribution in [2.45, 2.75) is 37.5 Å². The number of fused-ring (bicyclic) bond motifs is 2. The molecule has 0 aromatic heterocycles. The molecule has 2 fully saturated rings. The van der Waals surface area contributed by atoms with Gasteiger partial charge in [0.25, 0.3) is 0 Å². The summed E-state index contributed by atoms with van der Waals surface area (Å²) >= 11 is 6.45. The first kappa shape index (κ1) is 11.5. The van der Waals surface area contributed by atoms with Crippen molar-refractivity contribution in [3.8, 4) is 0 Å². The molecular weight excluding hydrogens is 235 g/mol. The summed E-state index contributed by atoms with van der Waals surface area (Å²) in [6.07, 6.45) is 6.70. The van der Waals surface area contributed by atoms with Crippen LogP contribution in [0.5, 0.6) is 0 Å². The van der Waals surface area contributed by atoms with Crippen molar-refractivity contribution in [2.75, 3.05) is 0 Å². The van der Waals surface area contributed by atoms with Gasteiger partial charge in [-0.3, -0.25) is 0 Å². The first-order valence-corrected chi connectivity index (χ1v) is 7.05. The van der Waals surface area contributed by atoms with Crippen LogP contribution < -0.4 is 0 Å². The van der Waals surface area contributed by atoms with Crippen molar-refractivity contribution in [1.82, 2.24) is 0 Å². The lowest BCUT2D eigenvalue weighted by atomic mass is 9.84. The largest absolute Gasteiger partial charge is 0.207 e. The van der Waals surface area contributed by atoms with E-state index in [1.54, 1.807) is 0 Å². The Morgan fingerprint density at radius 1 is 1.18 bits per heavy atom. The summed E-state index contributed by atoms with van der Waals surface area (Å²) in [5.74, 6) is 2.52. The minimum atomic E-state index is -0.183. The molecule has 0 aliphatic heterocycles. The second-order valence-electron chi connectivity index (χ2n) is 5.69. The average molecular weight is 253 g/mol. The Bertz CT molecular complexity index is 386. The Hall–Kier alpha value is -0.560. The Kier molecular flexibility index (Phi) is 3.12. The van der Waals surface area contributed by atoms with E-state index >= 15 is 0 Å². The van der Waals surface area contributed by atoms with Gasteiger partial charge in [0.2, 0.25) is 0 Å². The SMILES string of the molecule is Fc1ccc(C(Cl)CC2CC3CCC2C3)cc1. The van der Waals surface area contributed by atoms with Crippen molar-refractivity contribution >= 4 is 11.6 Å². The fourth-order valence-corrected chi connectivity index (χ4v) is 4.11. The van der Waals surface area contributed by atoms with Crippen LogP contribution in [-0.2, 0) is 0 Å². The lowest BCUT2D eigenvalue weighted by Crippen LogP contribution is -2.12. The van der Waals surface area contributed by atoms with E-state index in [-0.39, 0.29) is 11.2 Å². The number of hydrogen-bond donors (Lipinski definition) is 0. The van der Waals surface area contributed by atoms with Crippen LogP contribution in [0.3, 0.4) is 0 Å². The zero-order chi connectivity index (χ0) is 11.8. The van der Waals surface area contributed by atoms with E-state index in [1.807, 2.05) is 12.1 Å². The lowest BCUT2D eigenvalue weighted by Gasteiger charge is -2.24. The molecule has 0 saturated heterocycles. The summed E-state index contributed by atoms with van der Waals surface area (Å²) < 4.78 is 12.8. The number of rotatable bonds is 3. The van der Waals surface area contributed by atoms with Crippen LogP contribution in [0.4, 0.5) is 4.39 Å². The Labute approximate surface area is 107 Å². The predicted molar refractivity (Wildman–Crippen MR) is 68.5 cm³/mol. The lowest BCUT2D eigenvalue weighted by molar-refractivity contribution is 0.312. The fourth-order valence-electron chi connectivity index (χ4n) is 3.74. The third-order valence-electron chi connectivity index (χ3n) is 4.63. The van der Waals surface area contributed by atoms with E-state index < -0.39 is 0 Å². The smallest absolute Gasteiger partial charge is 0.123 e. The molecule has 0 N–H and O–H groups in total. The van der Waals surface area contributed by atoms with E-state index in [1.165, 1.54) is 37.8 Å². The van der Waals surface area contributed by atoms with Crippen molar-refractivity contribution in [1.29, 1.82) is 0 Å². The molecule has 1 aromatic rings. The molecule has 4 atom stereocenters. The van der Waals surface area contributed by atoms with E-state index in [4.69, 9.17) is 11.6 Å². The molecule has 0 radical (unpaired) electrons. The maximum absolute atomic E-state index is 12.8. The van der Waals surface area contributed by atoms with Gasteiger partial charge in [0.15, 0.2) is 0 Å². The highest BCUT2D eigenvalue weighted by atomic mass is 35.5. The van der Waals surface area contributed by atoms with Gasteiger partial charge in [0.05, 0.1) is 5.38 Å². The van der Waals surface area contributed by atoms with Gasteiger partial charge in [0, 0.05) is 0 Å². The highest BCUT2D eigenvalue weighted by molar-refractivity contribution is 6.20. The van der Waals surface area contributed by atoms with Crippen LogP contribution in [0, 0.1) is 23.6 Å². The molecule has 4 unspecified atom stereocenters.